The second-order valence-corrected chi connectivity index (χ2v) is 3.36. The van der Waals surface area contributed by atoms with Crippen LogP contribution in [0.1, 0.15) is 13.3 Å². The fourth-order valence-electron chi connectivity index (χ4n) is 1.08. The molecule has 1 unspecified atom stereocenters. The highest BCUT2D eigenvalue weighted by Crippen LogP contribution is 2.06. The van der Waals surface area contributed by atoms with Gasteiger partial charge in [0.15, 0.2) is 0 Å². The van der Waals surface area contributed by atoms with E-state index >= 15 is 0 Å². The van der Waals surface area contributed by atoms with E-state index in [1.54, 1.807) is 6.07 Å². The van der Waals surface area contributed by atoms with Gasteiger partial charge in [-0.15, -0.1) is 0 Å². The molecule has 2 N–H and O–H groups in total. The molecule has 1 aromatic rings. The van der Waals surface area contributed by atoms with Crippen molar-refractivity contribution in [1.29, 1.82) is 0 Å². The Bertz CT molecular complexity index is 263. The monoisotopic (exact) mass is 198 g/mol. The summed E-state index contributed by atoms with van der Waals surface area (Å²) in [6.07, 6.45) is 1.94. The van der Waals surface area contributed by atoms with Gasteiger partial charge in [-0.1, -0.05) is 6.92 Å². The first kappa shape index (κ1) is 10.9. The van der Waals surface area contributed by atoms with E-state index in [2.05, 4.69) is 10.3 Å². The highest BCUT2D eigenvalue weighted by molar-refractivity contribution is 5.33. The molecule has 0 aliphatic carbocycles. The lowest BCUT2D eigenvalue weighted by molar-refractivity contribution is 0.266. The maximum absolute atomic E-state index is 12.5. The zero-order valence-electron chi connectivity index (χ0n) is 8.20. The number of nitrogens with zero attached hydrogens (tertiary/aromatic N) is 1. The van der Waals surface area contributed by atoms with Crippen molar-refractivity contribution < 1.29 is 9.50 Å². The van der Waals surface area contributed by atoms with Crippen molar-refractivity contribution >= 4 is 5.82 Å². The second kappa shape index (κ2) is 5.54. The van der Waals surface area contributed by atoms with E-state index in [9.17, 15) is 4.39 Å². The van der Waals surface area contributed by atoms with Gasteiger partial charge in [-0.05, 0) is 24.5 Å². The van der Waals surface area contributed by atoms with Crippen molar-refractivity contribution in [2.75, 3.05) is 18.5 Å². The summed E-state index contributed by atoms with van der Waals surface area (Å²) in [5.74, 6) is 0.710. The van der Waals surface area contributed by atoms with Crippen LogP contribution in [0.5, 0.6) is 0 Å². The molecule has 4 heteroatoms. The van der Waals surface area contributed by atoms with E-state index in [1.807, 2.05) is 6.92 Å². The largest absolute Gasteiger partial charge is 0.396 e. The SMILES string of the molecule is CC(CCO)CNc1ccc(F)cn1. The number of halogens is 1. The molecular formula is C10H15FN2O. The average Bonchev–Trinajstić information content (AvgIpc) is 2.17. The van der Waals surface area contributed by atoms with Gasteiger partial charge in [0.2, 0.25) is 0 Å². The number of aliphatic hydroxyl groups is 1. The number of aliphatic hydroxyl groups excluding tert-OH is 1. The molecule has 1 heterocycles. The molecule has 0 spiro atoms. The first-order valence-electron chi connectivity index (χ1n) is 4.68. The number of rotatable bonds is 5. The van der Waals surface area contributed by atoms with Gasteiger partial charge in [-0.2, -0.15) is 0 Å². The van der Waals surface area contributed by atoms with E-state index in [1.165, 1.54) is 12.3 Å². The summed E-state index contributed by atoms with van der Waals surface area (Å²) in [4.78, 5) is 3.86. The topological polar surface area (TPSA) is 45.1 Å². The molecule has 14 heavy (non-hydrogen) atoms. The number of hydrogen-bond acceptors (Lipinski definition) is 3. The summed E-state index contributed by atoms with van der Waals surface area (Å²) < 4.78 is 12.5. The molecule has 1 rings (SSSR count). The Morgan fingerprint density at radius 1 is 1.57 bits per heavy atom. The molecule has 1 atom stereocenters. The summed E-state index contributed by atoms with van der Waals surface area (Å²) in [5.41, 5.74) is 0. The normalized spacial score (nSPS) is 12.5. The van der Waals surface area contributed by atoms with Crippen molar-refractivity contribution in [1.82, 2.24) is 4.98 Å². The van der Waals surface area contributed by atoms with Crippen LogP contribution in [-0.2, 0) is 0 Å². The Balaban J connectivity index is 2.34. The van der Waals surface area contributed by atoms with Crippen LogP contribution in [0, 0.1) is 11.7 Å². The van der Waals surface area contributed by atoms with Crippen molar-refractivity contribution in [2.24, 2.45) is 5.92 Å². The van der Waals surface area contributed by atoms with E-state index in [0.717, 1.165) is 13.0 Å². The minimum atomic E-state index is -0.334. The van der Waals surface area contributed by atoms with Crippen molar-refractivity contribution in [2.45, 2.75) is 13.3 Å². The standard InChI is InChI=1S/C10H15FN2O/c1-8(4-5-14)6-12-10-3-2-9(11)7-13-10/h2-3,7-8,14H,4-6H2,1H3,(H,12,13). The summed E-state index contributed by atoms with van der Waals surface area (Å²) in [5, 5.41) is 11.7. The number of aromatic nitrogens is 1. The molecule has 0 bridgehead atoms. The second-order valence-electron chi connectivity index (χ2n) is 3.36. The van der Waals surface area contributed by atoms with Crippen molar-refractivity contribution in [3.05, 3.63) is 24.1 Å². The Kier molecular flexibility index (Phi) is 4.32. The van der Waals surface area contributed by atoms with Crippen LogP contribution in [0.2, 0.25) is 0 Å². The van der Waals surface area contributed by atoms with Gasteiger partial charge in [0.25, 0.3) is 0 Å². The predicted molar refractivity (Wildman–Crippen MR) is 53.6 cm³/mol. The van der Waals surface area contributed by atoms with Crippen molar-refractivity contribution in [3.8, 4) is 0 Å². The molecule has 0 aromatic carbocycles. The lowest BCUT2D eigenvalue weighted by Crippen LogP contribution is -2.13. The van der Waals surface area contributed by atoms with Crippen LogP contribution in [-0.4, -0.2) is 23.2 Å². The zero-order chi connectivity index (χ0) is 10.4. The van der Waals surface area contributed by atoms with Gasteiger partial charge >= 0.3 is 0 Å². The van der Waals surface area contributed by atoms with Crippen LogP contribution in [0.15, 0.2) is 18.3 Å². The number of nitrogens with one attached hydrogen (secondary N) is 1. The summed E-state index contributed by atoms with van der Waals surface area (Å²) >= 11 is 0. The smallest absolute Gasteiger partial charge is 0.141 e. The molecule has 1 aromatic heterocycles. The molecule has 0 aliphatic heterocycles. The first-order valence-corrected chi connectivity index (χ1v) is 4.68. The first-order chi connectivity index (χ1) is 6.72. The molecule has 3 nitrogen and oxygen atoms in total. The summed E-state index contributed by atoms with van der Waals surface area (Å²) in [7, 11) is 0. The highest BCUT2D eigenvalue weighted by atomic mass is 19.1. The van der Waals surface area contributed by atoms with Gasteiger partial charge in [-0.3, -0.25) is 0 Å². The van der Waals surface area contributed by atoms with Crippen molar-refractivity contribution in [3.63, 3.8) is 0 Å². The van der Waals surface area contributed by atoms with Crippen LogP contribution < -0.4 is 5.32 Å². The lowest BCUT2D eigenvalue weighted by Gasteiger charge is -2.11. The molecule has 78 valence electrons. The summed E-state index contributed by atoms with van der Waals surface area (Å²) in [6, 6.07) is 2.97. The maximum Gasteiger partial charge on any atom is 0.141 e. The van der Waals surface area contributed by atoms with E-state index < -0.39 is 0 Å². The fourth-order valence-corrected chi connectivity index (χ4v) is 1.08. The number of pyridine rings is 1. The van der Waals surface area contributed by atoms with Gasteiger partial charge in [0.05, 0.1) is 6.20 Å². The van der Waals surface area contributed by atoms with E-state index in [0.29, 0.717) is 11.7 Å². The molecular weight excluding hydrogens is 183 g/mol. The van der Waals surface area contributed by atoms with Crippen LogP contribution >= 0.6 is 0 Å². The predicted octanol–water partition coefficient (Wildman–Crippen LogP) is 1.65. The van der Waals surface area contributed by atoms with E-state index in [4.69, 9.17) is 5.11 Å². The molecule has 0 saturated carbocycles. The third-order valence-corrected chi connectivity index (χ3v) is 1.98. The highest BCUT2D eigenvalue weighted by Gasteiger charge is 2.01. The fraction of sp³-hybridized carbons (Fsp3) is 0.500. The average molecular weight is 198 g/mol. The lowest BCUT2D eigenvalue weighted by atomic mass is 10.1. The van der Waals surface area contributed by atoms with Crippen LogP contribution in [0.4, 0.5) is 10.2 Å². The van der Waals surface area contributed by atoms with Crippen LogP contribution in [0.3, 0.4) is 0 Å². The molecule has 0 fully saturated rings. The Morgan fingerprint density at radius 3 is 2.93 bits per heavy atom. The van der Waals surface area contributed by atoms with Gasteiger partial charge in [-0.25, -0.2) is 9.37 Å². The zero-order valence-corrected chi connectivity index (χ0v) is 8.20. The Labute approximate surface area is 83.0 Å². The third kappa shape index (κ3) is 3.70. The quantitative estimate of drug-likeness (QED) is 0.756. The number of hydrogen-bond donors (Lipinski definition) is 2. The molecule has 0 aliphatic rings. The minimum Gasteiger partial charge on any atom is -0.396 e. The minimum absolute atomic E-state index is 0.194. The van der Waals surface area contributed by atoms with Gasteiger partial charge < -0.3 is 10.4 Å². The van der Waals surface area contributed by atoms with Gasteiger partial charge in [0.1, 0.15) is 11.6 Å². The van der Waals surface area contributed by atoms with E-state index in [-0.39, 0.29) is 12.4 Å². The molecule has 0 saturated heterocycles. The summed E-state index contributed by atoms with van der Waals surface area (Å²) in [6.45, 7) is 2.96. The third-order valence-electron chi connectivity index (χ3n) is 1.98. The van der Waals surface area contributed by atoms with Crippen LogP contribution in [0.25, 0.3) is 0 Å². The Morgan fingerprint density at radius 2 is 2.36 bits per heavy atom. The molecule has 0 radical (unpaired) electrons. The number of anilines is 1. The maximum atomic E-state index is 12.5. The molecule has 0 amide bonds. The van der Waals surface area contributed by atoms with Gasteiger partial charge in [0, 0.05) is 13.2 Å². The Hall–Kier alpha value is -1.16.